The lowest BCUT2D eigenvalue weighted by Crippen LogP contribution is -1.90. The van der Waals surface area contributed by atoms with Gasteiger partial charge in [-0.25, -0.2) is 4.98 Å². The number of rotatable bonds is 1. The molecule has 2 aromatic heterocycles. The van der Waals surface area contributed by atoms with Crippen LogP contribution in [0.4, 0.5) is 0 Å². The molecule has 0 spiro atoms. The predicted octanol–water partition coefficient (Wildman–Crippen LogP) is 1.48. The van der Waals surface area contributed by atoms with Gasteiger partial charge in [0.25, 0.3) is 0 Å². The second kappa shape index (κ2) is 2.77. The quantitative estimate of drug-likeness (QED) is 0.631. The fourth-order valence-corrected chi connectivity index (χ4v) is 1.14. The number of pyridine rings is 1. The average Bonchev–Trinajstić information content (AvgIpc) is 2.53. The van der Waals surface area contributed by atoms with E-state index in [0.717, 1.165) is 11.4 Å². The maximum Gasteiger partial charge on any atom is 0.139 e. The molecule has 0 saturated heterocycles. The molecular weight excluding hydrogens is 150 g/mol. The van der Waals surface area contributed by atoms with Crippen molar-refractivity contribution in [1.29, 1.82) is 0 Å². The van der Waals surface area contributed by atoms with Crippen LogP contribution in [0.15, 0.2) is 36.9 Å². The van der Waals surface area contributed by atoms with Crippen molar-refractivity contribution in [1.82, 2.24) is 14.5 Å². The van der Waals surface area contributed by atoms with Crippen molar-refractivity contribution >= 4 is 0 Å². The molecule has 2 heterocycles. The van der Waals surface area contributed by atoms with Gasteiger partial charge in [-0.1, -0.05) is 0 Å². The zero-order chi connectivity index (χ0) is 8.39. The minimum atomic E-state index is 0.970. The van der Waals surface area contributed by atoms with Crippen LogP contribution in [0.5, 0.6) is 0 Å². The molecule has 0 aromatic carbocycles. The summed E-state index contributed by atoms with van der Waals surface area (Å²) in [4.78, 5) is 8.17. The van der Waals surface area contributed by atoms with Crippen molar-refractivity contribution < 1.29 is 0 Å². The van der Waals surface area contributed by atoms with Gasteiger partial charge in [0.1, 0.15) is 5.82 Å². The molecule has 0 amide bonds. The first kappa shape index (κ1) is 7.03. The molecule has 0 aliphatic carbocycles. The Labute approximate surface area is 70.7 Å². The molecule has 2 rings (SSSR count). The van der Waals surface area contributed by atoms with E-state index in [1.54, 1.807) is 18.6 Å². The van der Waals surface area contributed by atoms with Crippen LogP contribution in [-0.2, 0) is 7.05 Å². The van der Waals surface area contributed by atoms with Crippen molar-refractivity contribution in [3.63, 3.8) is 0 Å². The minimum Gasteiger partial charge on any atom is -0.334 e. The van der Waals surface area contributed by atoms with Crippen molar-refractivity contribution in [3.8, 4) is 11.4 Å². The van der Waals surface area contributed by atoms with E-state index in [0.29, 0.717) is 0 Å². The summed E-state index contributed by atoms with van der Waals surface area (Å²) in [6.45, 7) is 0. The fourth-order valence-electron chi connectivity index (χ4n) is 1.14. The van der Waals surface area contributed by atoms with Crippen LogP contribution in [0.2, 0.25) is 0 Å². The Morgan fingerprint density at radius 3 is 2.50 bits per heavy atom. The first-order valence-corrected chi connectivity index (χ1v) is 3.75. The third-order valence-electron chi connectivity index (χ3n) is 1.76. The van der Waals surface area contributed by atoms with Gasteiger partial charge in [-0.05, 0) is 12.1 Å². The summed E-state index contributed by atoms with van der Waals surface area (Å²) in [6.07, 6.45) is 7.25. The largest absolute Gasteiger partial charge is 0.334 e. The Morgan fingerprint density at radius 2 is 1.92 bits per heavy atom. The zero-order valence-corrected chi connectivity index (χ0v) is 6.81. The van der Waals surface area contributed by atoms with E-state index in [1.165, 1.54) is 0 Å². The SMILES string of the molecule is Cn1ccnc1-c1ccncc1. The lowest BCUT2D eigenvalue weighted by molar-refractivity contribution is 0.924. The summed E-state index contributed by atoms with van der Waals surface area (Å²) in [5.74, 6) is 0.970. The molecule has 0 aliphatic rings. The Kier molecular flexibility index (Phi) is 1.63. The molecule has 0 fully saturated rings. The van der Waals surface area contributed by atoms with Gasteiger partial charge in [0.05, 0.1) is 0 Å². The summed E-state index contributed by atoms with van der Waals surface area (Å²) in [6, 6.07) is 3.89. The van der Waals surface area contributed by atoms with E-state index in [1.807, 2.05) is 29.9 Å². The zero-order valence-electron chi connectivity index (χ0n) is 6.81. The fraction of sp³-hybridized carbons (Fsp3) is 0.111. The first-order valence-electron chi connectivity index (χ1n) is 3.75. The van der Waals surface area contributed by atoms with E-state index >= 15 is 0 Å². The lowest BCUT2D eigenvalue weighted by atomic mass is 10.2. The summed E-state index contributed by atoms with van der Waals surface area (Å²) in [5.41, 5.74) is 1.09. The molecular formula is C9H9N3. The van der Waals surface area contributed by atoms with Gasteiger partial charge >= 0.3 is 0 Å². The topological polar surface area (TPSA) is 30.7 Å². The van der Waals surface area contributed by atoms with E-state index in [2.05, 4.69) is 9.97 Å². The third-order valence-corrected chi connectivity index (χ3v) is 1.76. The van der Waals surface area contributed by atoms with Crippen LogP contribution < -0.4 is 0 Å². The highest BCUT2D eigenvalue weighted by atomic mass is 15.0. The van der Waals surface area contributed by atoms with Crippen molar-refractivity contribution in [2.24, 2.45) is 7.05 Å². The van der Waals surface area contributed by atoms with Crippen LogP contribution in [0, 0.1) is 0 Å². The molecule has 2 aromatic rings. The molecule has 0 N–H and O–H groups in total. The predicted molar refractivity (Wildman–Crippen MR) is 46.4 cm³/mol. The van der Waals surface area contributed by atoms with Gasteiger partial charge in [0.2, 0.25) is 0 Å². The number of aromatic nitrogens is 3. The van der Waals surface area contributed by atoms with Crippen LogP contribution in [0.25, 0.3) is 11.4 Å². The lowest BCUT2D eigenvalue weighted by Gasteiger charge is -1.99. The highest BCUT2D eigenvalue weighted by Gasteiger charge is 2.00. The molecule has 0 radical (unpaired) electrons. The average molecular weight is 159 g/mol. The van der Waals surface area contributed by atoms with Crippen LogP contribution in [0.3, 0.4) is 0 Å². The monoisotopic (exact) mass is 159 g/mol. The number of hydrogen-bond acceptors (Lipinski definition) is 2. The number of imidazole rings is 1. The normalized spacial score (nSPS) is 10.1. The first-order chi connectivity index (χ1) is 5.88. The van der Waals surface area contributed by atoms with Crippen molar-refractivity contribution in [2.45, 2.75) is 0 Å². The molecule has 0 unspecified atom stereocenters. The van der Waals surface area contributed by atoms with E-state index < -0.39 is 0 Å². The smallest absolute Gasteiger partial charge is 0.139 e. The Bertz CT molecular complexity index is 364. The Balaban J connectivity index is 2.51. The highest BCUT2D eigenvalue weighted by molar-refractivity contribution is 5.53. The Morgan fingerprint density at radius 1 is 1.17 bits per heavy atom. The Hall–Kier alpha value is -1.64. The number of aryl methyl sites for hydroxylation is 1. The van der Waals surface area contributed by atoms with Crippen LogP contribution >= 0.6 is 0 Å². The van der Waals surface area contributed by atoms with Gasteiger partial charge in [0.15, 0.2) is 0 Å². The highest BCUT2D eigenvalue weighted by Crippen LogP contribution is 2.13. The standard InChI is InChI=1S/C9H9N3/c1-12-7-6-11-9(12)8-2-4-10-5-3-8/h2-7H,1H3. The number of hydrogen-bond donors (Lipinski definition) is 0. The molecule has 60 valence electrons. The van der Waals surface area contributed by atoms with Crippen molar-refractivity contribution in [3.05, 3.63) is 36.9 Å². The molecule has 0 saturated carbocycles. The van der Waals surface area contributed by atoms with Crippen LogP contribution in [-0.4, -0.2) is 14.5 Å². The van der Waals surface area contributed by atoms with Gasteiger partial charge in [-0.15, -0.1) is 0 Å². The number of nitrogens with zero attached hydrogens (tertiary/aromatic N) is 3. The molecule has 0 bridgehead atoms. The maximum absolute atomic E-state index is 4.22. The van der Waals surface area contributed by atoms with E-state index in [4.69, 9.17) is 0 Å². The summed E-state index contributed by atoms with van der Waals surface area (Å²) in [5, 5.41) is 0. The third kappa shape index (κ3) is 1.09. The van der Waals surface area contributed by atoms with Crippen molar-refractivity contribution in [2.75, 3.05) is 0 Å². The van der Waals surface area contributed by atoms with Crippen LogP contribution in [0.1, 0.15) is 0 Å². The van der Waals surface area contributed by atoms with E-state index in [9.17, 15) is 0 Å². The molecule has 12 heavy (non-hydrogen) atoms. The van der Waals surface area contributed by atoms with Gasteiger partial charge < -0.3 is 4.57 Å². The second-order valence-corrected chi connectivity index (χ2v) is 2.60. The van der Waals surface area contributed by atoms with E-state index in [-0.39, 0.29) is 0 Å². The maximum atomic E-state index is 4.22. The summed E-state index contributed by atoms with van der Waals surface area (Å²) in [7, 11) is 1.97. The minimum absolute atomic E-state index is 0.970. The van der Waals surface area contributed by atoms with Gasteiger partial charge in [-0.2, -0.15) is 0 Å². The molecule has 3 nitrogen and oxygen atoms in total. The van der Waals surface area contributed by atoms with Gasteiger partial charge in [0, 0.05) is 37.4 Å². The molecule has 0 aliphatic heterocycles. The second-order valence-electron chi connectivity index (χ2n) is 2.60. The summed E-state index contributed by atoms with van der Waals surface area (Å²) < 4.78 is 1.98. The molecule has 3 heteroatoms. The molecule has 0 atom stereocenters. The summed E-state index contributed by atoms with van der Waals surface area (Å²) >= 11 is 0. The van der Waals surface area contributed by atoms with Gasteiger partial charge in [-0.3, -0.25) is 4.98 Å².